The van der Waals surface area contributed by atoms with Crippen LogP contribution in [0.25, 0.3) is 0 Å². The number of nitrogens with zero attached hydrogens (tertiary/aromatic N) is 1. The Bertz CT molecular complexity index is 424. The number of hydrogen-bond donors (Lipinski definition) is 2. The Balaban J connectivity index is 1.96. The normalized spacial score (nSPS) is 28.1. The first-order valence-corrected chi connectivity index (χ1v) is 7.36. The van der Waals surface area contributed by atoms with Crippen molar-refractivity contribution in [1.82, 2.24) is 4.98 Å². The standard InChI is InChI=1S/C14H21BrN2O/c1-10-4-3-5-14(18,7-10)9-17-13-6-11(2)12(15)8-16-13/h6,8,10,18H,3-5,7,9H2,1-2H3,(H,16,17). The highest BCUT2D eigenvalue weighted by molar-refractivity contribution is 9.10. The highest BCUT2D eigenvalue weighted by atomic mass is 79.9. The number of pyridine rings is 1. The van der Waals surface area contributed by atoms with E-state index < -0.39 is 5.60 Å². The van der Waals surface area contributed by atoms with E-state index in [2.05, 4.69) is 33.2 Å². The molecule has 2 N–H and O–H groups in total. The Morgan fingerprint density at radius 1 is 1.61 bits per heavy atom. The van der Waals surface area contributed by atoms with Crippen LogP contribution >= 0.6 is 15.9 Å². The van der Waals surface area contributed by atoms with Crippen molar-refractivity contribution in [2.24, 2.45) is 5.92 Å². The second kappa shape index (κ2) is 5.57. The molecule has 0 aliphatic heterocycles. The van der Waals surface area contributed by atoms with E-state index >= 15 is 0 Å². The third-order valence-corrected chi connectivity index (χ3v) is 4.54. The predicted octanol–water partition coefficient (Wildman–Crippen LogP) is 3.51. The van der Waals surface area contributed by atoms with Crippen LogP contribution < -0.4 is 5.32 Å². The molecule has 1 aliphatic carbocycles. The van der Waals surface area contributed by atoms with Gasteiger partial charge in [0.1, 0.15) is 5.82 Å². The van der Waals surface area contributed by atoms with Crippen LogP contribution in [0.15, 0.2) is 16.7 Å². The van der Waals surface area contributed by atoms with E-state index in [0.717, 1.165) is 35.1 Å². The molecule has 2 rings (SSSR count). The molecule has 0 radical (unpaired) electrons. The van der Waals surface area contributed by atoms with E-state index in [9.17, 15) is 5.11 Å². The van der Waals surface area contributed by atoms with Crippen molar-refractivity contribution < 1.29 is 5.11 Å². The van der Waals surface area contributed by atoms with Gasteiger partial charge in [-0.15, -0.1) is 0 Å². The maximum atomic E-state index is 10.5. The number of hydrogen-bond acceptors (Lipinski definition) is 3. The lowest BCUT2D eigenvalue weighted by molar-refractivity contribution is -0.000827. The van der Waals surface area contributed by atoms with E-state index in [-0.39, 0.29) is 0 Å². The third kappa shape index (κ3) is 3.45. The summed E-state index contributed by atoms with van der Waals surface area (Å²) in [4.78, 5) is 4.30. The van der Waals surface area contributed by atoms with E-state index in [1.807, 2.05) is 13.0 Å². The van der Waals surface area contributed by atoms with Crippen LogP contribution in [0.3, 0.4) is 0 Å². The molecule has 2 atom stereocenters. The second-order valence-electron chi connectivity index (χ2n) is 5.60. The van der Waals surface area contributed by atoms with Gasteiger partial charge in [0.15, 0.2) is 0 Å². The quantitative estimate of drug-likeness (QED) is 0.897. The number of anilines is 1. The first-order chi connectivity index (χ1) is 8.48. The molecule has 1 aromatic rings. The van der Waals surface area contributed by atoms with Gasteiger partial charge in [-0.3, -0.25) is 0 Å². The highest BCUT2D eigenvalue weighted by Crippen LogP contribution is 2.32. The molecular weight excluding hydrogens is 292 g/mol. The molecule has 1 heterocycles. The zero-order valence-corrected chi connectivity index (χ0v) is 12.6. The van der Waals surface area contributed by atoms with Crippen LogP contribution in [-0.2, 0) is 0 Å². The van der Waals surface area contributed by atoms with Gasteiger partial charge in [0.05, 0.1) is 5.60 Å². The Morgan fingerprint density at radius 3 is 3.06 bits per heavy atom. The van der Waals surface area contributed by atoms with Crippen LogP contribution in [0, 0.1) is 12.8 Å². The van der Waals surface area contributed by atoms with E-state index in [4.69, 9.17) is 0 Å². The molecule has 4 heteroatoms. The molecule has 2 unspecified atom stereocenters. The zero-order chi connectivity index (χ0) is 13.2. The Labute approximate surface area is 117 Å². The maximum Gasteiger partial charge on any atom is 0.126 e. The highest BCUT2D eigenvalue weighted by Gasteiger charge is 2.32. The van der Waals surface area contributed by atoms with Crippen LogP contribution in [0.5, 0.6) is 0 Å². The lowest BCUT2D eigenvalue weighted by atomic mass is 9.79. The van der Waals surface area contributed by atoms with Crippen LogP contribution in [-0.4, -0.2) is 22.2 Å². The van der Waals surface area contributed by atoms with Crippen molar-refractivity contribution in [3.8, 4) is 0 Å². The Kier molecular flexibility index (Phi) is 4.28. The average Bonchev–Trinajstić information content (AvgIpc) is 2.31. The molecule has 0 bridgehead atoms. The van der Waals surface area contributed by atoms with E-state index in [1.165, 1.54) is 6.42 Å². The molecule has 100 valence electrons. The van der Waals surface area contributed by atoms with Crippen molar-refractivity contribution in [1.29, 1.82) is 0 Å². The molecule has 1 fully saturated rings. The molecule has 18 heavy (non-hydrogen) atoms. The van der Waals surface area contributed by atoms with Crippen LogP contribution in [0.1, 0.15) is 38.2 Å². The van der Waals surface area contributed by atoms with Gasteiger partial charge >= 0.3 is 0 Å². The minimum absolute atomic E-state index is 0.569. The average molecular weight is 313 g/mol. The third-order valence-electron chi connectivity index (χ3n) is 3.71. The predicted molar refractivity (Wildman–Crippen MR) is 77.7 cm³/mol. The van der Waals surface area contributed by atoms with Gasteiger partial charge in [0, 0.05) is 17.2 Å². The number of nitrogens with one attached hydrogen (secondary N) is 1. The fourth-order valence-corrected chi connectivity index (χ4v) is 2.90. The number of rotatable bonds is 3. The van der Waals surface area contributed by atoms with Gasteiger partial charge in [-0.25, -0.2) is 4.98 Å². The minimum Gasteiger partial charge on any atom is -0.388 e. The molecule has 0 aromatic carbocycles. The monoisotopic (exact) mass is 312 g/mol. The van der Waals surface area contributed by atoms with Gasteiger partial charge in [-0.05, 0) is 53.2 Å². The lowest BCUT2D eigenvalue weighted by Gasteiger charge is -2.35. The van der Waals surface area contributed by atoms with Gasteiger partial charge in [0.2, 0.25) is 0 Å². The number of aromatic nitrogens is 1. The smallest absolute Gasteiger partial charge is 0.126 e. The van der Waals surface area contributed by atoms with Crippen LogP contribution in [0.2, 0.25) is 0 Å². The molecular formula is C14H21BrN2O. The maximum absolute atomic E-state index is 10.5. The summed E-state index contributed by atoms with van der Waals surface area (Å²) in [5.74, 6) is 1.45. The summed E-state index contributed by atoms with van der Waals surface area (Å²) < 4.78 is 1.01. The SMILES string of the molecule is Cc1cc(NCC2(O)CCCC(C)C2)ncc1Br. The first kappa shape index (κ1) is 13.8. The Hall–Kier alpha value is -0.610. The molecule has 0 saturated heterocycles. The summed E-state index contributed by atoms with van der Waals surface area (Å²) in [5.41, 5.74) is 0.580. The zero-order valence-electron chi connectivity index (χ0n) is 11.0. The lowest BCUT2D eigenvalue weighted by Crippen LogP contribution is -2.41. The van der Waals surface area contributed by atoms with E-state index in [0.29, 0.717) is 12.5 Å². The summed E-state index contributed by atoms with van der Waals surface area (Å²) in [7, 11) is 0. The van der Waals surface area contributed by atoms with Gasteiger partial charge < -0.3 is 10.4 Å². The van der Waals surface area contributed by atoms with Crippen molar-refractivity contribution in [2.45, 2.75) is 45.1 Å². The summed E-state index contributed by atoms with van der Waals surface area (Å²) in [6.07, 6.45) is 5.92. The summed E-state index contributed by atoms with van der Waals surface area (Å²) in [5, 5.41) is 13.8. The Morgan fingerprint density at radius 2 is 2.39 bits per heavy atom. The molecule has 0 spiro atoms. The fourth-order valence-electron chi connectivity index (χ4n) is 2.68. The number of aliphatic hydroxyl groups is 1. The van der Waals surface area contributed by atoms with Gasteiger partial charge in [-0.2, -0.15) is 0 Å². The van der Waals surface area contributed by atoms with E-state index in [1.54, 1.807) is 6.20 Å². The summed E-state index contributed by atoms with van der Waals surface area (Å²) in [6.45, 7) is 4.84. The number of halogens is 1. The van der Waals surface area contributed by atoms with Crippen LogP contribution in [0.4, 0.5) is 5.82 Å². The first-order valence-electron chi connectivity index (χ1n) is 6.57. The molecule has 1 aromatic heterocycles. The second-order valence-corrected chi connectivity index (χ2v) is 6.45. The summed E-state index contributed by atoms with van der Waals surface area (Å²) in [6, 6.07) is 2.00. The van der Waals surface area contributed by atoms with Crippen molar-refractivity contribution in [2.75, 3.05) is 11.9 Å². The summed E-state index contributed by atoms with van der Waals surface area (Å²) >= 11 is 3.44. The number of aryl methyl sites for hydroxylation is 1. The molecule has 1 saturated carbocycles. The van der Waals surface area contributed by atoms with Crippen molar-refractivity contribution >= 4 is 21.7 Å². The van der Waals surface area contributed by atoms with Gasteiger partial charge in [-0.1, -0.05) is 19.8 Å². The van der Waals surface area contributed by atoms with Crippen molar-refractivity contribution in [3.05, 3.63) is 22.3 Å². The van der Waals surface area contributed by atoms with Crippen molar-refractivity contribution in [3.63, 3.8) is 0 Å². The minimum atomic E-state index is -0.569. The van der Waals surface area contributed by atoms with Gasteiger partial charge in [0.25, 0.3) is 0 Å². The molecule has 3 nitrogen and oxygen atoms in total. The molecule has 1 aliphatic rings. The fraction of sp³-hybridized carbons (Fsp3) is 0.643. The topological polar surface area (TPSA) is 45.1 Å². The molecule has 0 amide bonds. The largest absolute Gasteiger partial charge is 0.388 e.